The summed E-state index contributed by atoms with van der Waals surface area (Å²) >= 11 is 0. The lowest BCUT2D eigenvalue weighted by Gasteiger charge is -2.33. The molecular formula is C46H79N13O15. The smallest absolute Gasteiger partial charge is 0.326 e. The molecule has 10 atom stereocenters. The number of unbranched alkanes of at least 4 members (excludes halogenated alkanes) is 1. The molecule has 8 amide bonds. The first-order valence-corrected chi connectivity index (χ1v) is 25.1. The van der Waals surface area contributed by atoms with Gasteiger partial charge in [0.2, 0.25) is 47.3 Å². The number of guanidine groups is 1. The maximum absolute atomic E-state index is 14.0. The van der Waals surface area contributed by atoms with Crippen molar-refractivity contribution in [1.82, 2.24) is 47.4 Å². The number of nitrogens with one attached hydrogen (secondary N) is 8. The maximum Gasteiger partial charge on any atom is 0.326 e. The van der Waals surface area contributed by atoms with Crippen molar-refractivity contribution in [2.75, 3.05) is 32.8 Å². The lowest BCUT2D eigenvalue weighted by atomic mass is 9.96. The van der Waals surface area contributed by atoms with Crippen LogP contribution in [-0.4, -0.2) is 184 Å². The Labute approximate surface area is 429 Å². The van der Waals surface area contributed by atoms with Gasteiger partial charge in [-0.3, -0.25) is 52.9 Å². The summed E-state index contributed by atoms with van der Waals surface area (Å²) in [7, 11) is 0. The molecule has 418 valence electrons. The number of carbonyl (C=O) groups is 11. The van der Waals surface area contributed by atoms with Crippen LogP contribution in [0.4, 0.5) is 0 Å². The van der Waals surface area contributed by atoms with Gasteiger partial charge in [-0.1, -0.05) is 34.1 Å². The van der Waals surface area contributed by atoms with Crippen LogP contribution in [-0.2, 0) is 52.7 Å². The second-order valence-corrected chi connectivity index (χ2v) is 18.9. The molecule has 0 aliphatic carbocycles. The molecule has 0 aromatic carbocycles. The fourth-order valence-electron chi connectivity index (χ4n) is 8.25. The number of hydrogen-bond acceptors (Lipinski definition) is 15. The van der Waals surface area contributed by atoms with Gasteiger partial charge in [0.25, 0.3) is 0 Å². The molecule has 2 saturated heterocycles. The van der Waals surface area contributed by atoms with Gasteiger partial charge in [0, 0.05) is 25.9 Å². The number of hydrogen-bond donors (Lipinski definition) is 15. The van der Waals surface area contributed by atoms with Gasteiger partial charge >= 0.3 is 17.9 Å². The fourth-order valence-corrected chi connectivity index (χ4v) is 8.25. The van der Waals surface area contributed by atoms with Crippen LogP contribution in [0.5, 0.6) is 0 Å². The van der Waals surface area contributed by atoms with E-state index >= 15 is 0 Å². The van der Waals surface area contributed by atoms with E-state index in [0.29, 0.717) is 38.6 Å². The minimum Gasteiger partial charge on any atom is -0.481 e. The highest BCUT2D eigenvalue weighted by Crippen LogP contribution is 2.23. The molecule has 74 heavy (non-hydrogen) atoms. The average Bonchev–Trinajstić information content (AvgIpc) is 4.08. The lowest BCUT2D eigenvalue weighted by Crippen LogP contribution is -2.61. The van der Waals surface area contributed by atoms with E-state index in [4.69, 9.17) is 17.2 Å². The van der Waals surface area contributed by atoms with Crippen LogP contribution in [0.25, 0.3) is 0 Å². The fraction of sp³-hybridized carbons (Fsp3) is 0.739. The standard InChI is InChI=1S/C46H79N13O15/c1-5-25(4)36(58-37(65)26-12-8-20-50-26)44(72)59-22-10-14-32(59)42(70)57-35(24(2)3)43(71)56-31(23-60)41(69)52-27(13-9-21-51-46(48)49)38(66)53-28(15-17-33(61)62)39(67)54-29(16-18-34(63)64)40(68)55-30(45(73)74)11-6-7-19-47/h24-32,35-36,50,60H,5-23,47H2,1-4H3,(H,52,69)(H,53,66)(H,54,67)(H,55,68)(H,56,71)(H,57,70)(H,58,65)(H,61,62)(H,63,64)(H,73,74)(H4,48,49,51)/t25-,26-,27-,28-,29-,30-,31-,32-,35-,36-/m0/s1. The van der Waals surface area contributed by atoms with Crippen molar-refractivity contribution >= 4 is 71.1 Å². The monoisotopic (exact) mass is 1050 g/mol. The van der Waals surface area contributed by atoms with Crippen LogP contribution in [0.3, 0.4) is 0 Å². The Hall–Kier alpha value is -6.68. The summed E-state index contributed by atoms with van der Waals surface area (Å²) in [4.78, 5) is 150. The van der Waals surface area contributed by atoms with Gasteiger partial charge in [-0.15, -0.1) is 0 Å². The van der Waals surface area contributed by atoms with E-state index in [1.165, 1.54) is 4.90 Å². The highest BCUT2D eigenvalue weighted by molar-refractivity contribution is 5.98. The van der Waals surface area contributed by atoms with Crippen LogP contribution < -0.4 is 59.7 Å². The highest BCUT2D eigenvalue weighted by Gasteiger charge is 2.42. The molecule has 2 aliphatic heterocycles. The van der Waals surface area contributed by atoms with Gasteiger partial charge in [-0.2, -0.15) is 0 Å². The van der Waals surface area contributed by atoms with E-state index < -0.39 is 152 Å². The number of aliphatic hydroxyl groups is 1. The molecule has 0 unspecified atom stereocenters. The molecule has 0 aromatic heterocycles. The number of nitrogens with zero attached hydrogens (tertiary/aromatic N) is 2. The summed E-state index contributed by atoms with van der Waals surface area (Å²) in [5, 5.41) is 59.2. The first-order chi connectivity index (χ1) is 34.9. The van der Waals surface area contributed by atoms with Gasteiger partial charge in [-0.05, 0) is 95.6 Å². The zero-order valence-electron chi connectivity index (χ0n) is 42.7. The summed E-state index contributed by atoms with van der Waals surface area (Å²) in [5.41, 5.74) is 16.4. The molecule has 2 fully saturated rings. The molecule has 2 aliphatic rings. The second kappa shape index (κ2) is 32.5. The zero-order chi connectivity index (χ0) is 55.7. The van der Waals surface area contributed by atoms with Crippen molar-refractivity contribution < 1.29 is 73.2 Å². The molecule has 0 spiro atoms. The van der Waals surface area contributed by atoms with E-state index in [1.54, 1.807) is 13.8 Å². The summed E-state index contributed by atoms with van der Waals surface area (Å²) in [6.45, 7) is 6.95. The van der Waals surface area contributed by atoms with Crippen molar-refractivity contribution in [2.24, 2.45) is 34.0 Å². The zero-order valence-corrected chi connectivity index (χ0v) is 42.7. The first kappa shape index (κ1) is 63.4. The van der Waals surface area contributed by atoms with Crippen LogP contribution in [0.1, 0.15) is 118 Å². The molecule has 2 heterocycles. The number of carboxylic acids is 3. The van der Waals surface area contributed by atoms with Gasteiger partial charge in [-0.25, -0.2) is 4.79 Å². The molecule has 28 heteroatoms. The number of aliphatic imine (C=N–C) groups is 1. The number of amides is 8. The Bertz CT molecular complexity index is 1980. The van der Waals surface area contributed by atoms with Crippen molar-refractivity contribution in [2.45, 2.75) is 172 Å². The van der Waals surface area contributed by atoms with E-state index in [2.05, 4.69) is 47.5 Å². The molecule has 0 radical (unpaired) electrons. The predicted octanol–water partition coefficient (Wildman–Crippen LogP) is -4.19. The SMILES string of the molecule is CC[C@H](C)[C@H](NC(=O)[C@@H]1CCCN1)C(=O)N1CCC[C@H]1C(=O)N[C@H](C(=O)N[C@@H](CO)C(=O)N[C@@H](CCCN=C(N)N)C(=O)N[C@@H](CCC(=O)O)C(=O)N[C@@H](CCC(=O)O)C(=O)N[C@@H](CCCCN)C(=O)O)C(C)C. The molecule has 0 bridgehead atoms. The number of carbonyl (C=O) groups excluding carboxylic acids is 8. The van der Waals surface area contributed by atoms with Gasteiger partial charge in [0.15, 0.2) is 5.96 Å². The normalized spacial score (nSPS) is 18.4. The number of aliphatic carboxylic acids is 3. The number of rotatable bonds is 34. The Balaban J connectivity index is 2.33. The Morgan fingerprint density at radius 1 is 0.635 bits per heavy atom. The molecule has 2 rings (SSSR count). The van der Waals surface area contributed by atoms with Crippen molar-refractivity contribution in [1.29, 1.82) is 0 Å². The molecule has 0 aromatic rings. The van der Waals surface area contributed by atoms with Crippen LogP contribution in [0.15, 0.2) is 4.99 Å². The Kier molecular flexibility index (Phi) is 27.9. The third-order valence-corrected chi connectivity index (χ3v) is 12.8. The average molecular weight is 1050 g/mol. The van der Waals surface area contributed by atoms with Crippen molar-refractivity contribution in [3.05, 3.63) is 0 Å². The summed E-state index contributed by atoms with van der Waals surface area (Å²) in [6.07, 6.45) is 0.617. The molecule has 28 nitrogen and oxygen atoms in total. The number of aliphatic hydroxyl groups excluding tert-OH is 1. The summed E-state index contributed by atoms with van der Waals surface area (Å²) < 4.78 is 0. The molecule has 0 saturated carbocycles. The van der Waals surface area contributed by atoms with Crippen LogP contribution in [0.2, 0.25) is 0 Å². The third-order valence-electron chi connectivity index (χ3n) is 12.8. The molecule has 18 N–H and O–H groups in total. The predicted molar refractivity (Wildman–Crippen MR) is 265 cm³/mol. The number of likely N-dealkylation sites (tertiary alicyclic amines) is 1. The van der Waals surface area contributed by atoms with E-state index in [1.807, 2.05) is 13.8 Å². The largest absolute Gasteiger partial charge is 0.481 e. The minimum atomic E-state index is -1.75. The first-order valence-electron chi connectivity index (χ1n) is 25.1. The topological polar surface area (TPSA) is 459 Å². The van der Waals surface area contributed by atoms with E-state index in [9.17, 15) is 73.2 Å². The Morgan fingerprint density at radius 2 is 1.15 bits per heavy atom. The Morgan fingerprint density at radius 3 is 1.62 bits per heavy atom. The number of carboxylic acid groups (broad SMARTS) is 3. The third kappa shape index (κ3) is 21.4. The lowest BCUT2D eigenvalue weighted by molar-refractivity contribution is -0.143. The summed E-state index contributed by atoms with van der Waals surface area (Å²) in [6, 6.07) is -11.9. The van der Waals surface area contributed by atoms with Crippen LogP contribution >= 0.6 is 0 Å². The van der Waals surface area contributed by atoms with E-state index in [0.717, 1.165) is 6.42 Å². The quantitative estimate of drug-likeness (QED) is 0.0165. The van der Waals surface area contributed by atoms with E-state index in [-0.39, 0.29) is 63.1 Å². The maximum atomic E-state index is 14.0. The second-order valence-electron chi connectivity index (χ2n) is 18.9. The minimum absolute atomic E-state index is 0.0101. The highest BCUT2D eigenvalue weighted by atomic mass is 16.4. The van der Waals surface area contributed by atoms with Gasteiger partial charge in [0.1, 0.15) is 48.3 Å². The molecular weight excluding hydrogens is 975 g/mol. The van der Waals surface area contributed by atoms with Gasteiger partial charge in [0.05, 0.1) is 12.6 Å². The summed E-state index contributed by atoms with van der Waals surface area (Å²) in [5.74, 6) is -12.2. The van der Waals surface area contributed by atoms with Gasteiger partial charge < -0.3 is 85.1 Å². The van der Waals surface area contributed by atoms with Crippen LogP contribution in [0, 0.1) is 11.8 Å². The van der Waals surface area contributed by atoms with Crippen molar-refractivity contribution in [3.8, 4) is 0 Å². The van der Waals surface area contributed by atoms with Crippen molar-refractivity contribution in [3.63, 3.8) is 0 Å². The number of nitrogens with two attached hydrogens (primary N) is 3.